The number of nitrogens with zero attached hydrogens (tertiary/aromatic N) is 3. The zero-order chi connectivity index (χ0) is 21.8. The molecule has 156 valence electrons. The topological polar surface area (TPSA) is 102 Å². The van der Waals surface area contributed by atoms with Gasteiger partial charge in [0.2, 0.25) is 5.88 Å². The van der Waals surface area contributed by atoms with Gasteiger partial charge < -0.3 is 15.8 Å². The summed E-state index contributed by atoms with van der Waals surface area (Å²) in [6.07, 6.45) is 3.61. The van der Waals surface area contributed by atoms with Crippen molar-refractivity contribution in [3.8, 4) is 17.7 Å². The standard InChI is InChI=1S/C22H25N5O2S/c1-5-6-10-29-18-13-24-17(12-25-18)19(28)26-16-9-7-8-15(11-16)22(4)14-21(2,3)30-20(23)27-22/h7-9,11-13H,10,14H2,1-4H3,(H2,23,27)(H,26,28)/t22-/m0/s1. The maximum Gasteiger partial charge on any atom is 0.275 e. The van der Waals surface area contributed by atoms with Crippen molar-refractivity contribution in [2.24, 2.45) is 10.7 Å². The van der Waals surface area contributed by atoms with E-state index in [2.05, 4.69) is 47.9 Å². The third-order valence-corrected chi connectivity index (χ3v) is 5.58. The average Bonchev–Trinajstić information content (AvgIpc) is 2.67. The van der Waals surface area contributed by atoms with Crippen molar-refractivity contribution in [3.63, 3.8) is 0 Å². The SMILES string of the molecule is CC#CCOc1cnc(C(=O)Nc2cccc([C@]3(C)CC(C)(C)SC(N)=N3)c2)cn1. The Morgan fingerprint density at radius 1 is 1.30 bits per heavy atom. The van der Waals surface area contributed by atoms with E-state index < -0.39 is 5.54 Å². The van der Waals surface area contributed by atoms with Crippen molar-refractivity contribution >= 4 is 28.5 Å². The van der Waals surface area contributed by atoms with Gasteiger partial charge in [0, 0.05) is 10.4 Å². The van der Waals surface area contributed by atoms with Crippen LogP contribution in [0.1, 0.15) is 50.2 Å². The molecule has 0 radical (unpaired) electrons. The minimum absolute atomic E-state index is 0.0258. The number of rotatable bonds is 5. The normalized spacial score (nSPS) is 19.8. The highest BCUT2D eigenvalue weighted by atomic mass is 32.2. The summed E-state index contributed by atoms with van der Waals surface area (Å²) in [5, 5.41) is 3.44. The number of aliphatic imine (C=N–C) groups is 1. The number of benzene rings is 1. The molecular weight excluding hydrogens is 398 g/mol. The van der Waals surface area contributed by atoms with Gasteiger partial charge >= 0.3 is 0 Å². The Kier molecular flexibility index (Phi) is 6.32. The summed E-state index contributed by atoms with van der Waals surface area (Å²) in [6.45, 7) is 8.33. The Hall–Kier alpha value is -3.05. The fraction of sp³-hybridized carbons (Fsp3) is 0.364. The molecule has 2 aromatic rings. The summed E-state index contributed by atoms with van der Waals surface area (Å²) < 4.78 is 5.29. The van der Waals surface area contributed by atoms with E-state index in [1.165, 1.54) is 12.4 Å². The number of aromatic nitrogens is 2. The lowest BCUT2D eigenvalue weighted by molar-refractivity contribution is 0.102. The molecule has 0 aliphatic carbocycles. The number of amidine groups is 1. The molecule has 2 heterocycles. The molecule has 1 aliphatic heterocycles. The second kappa shape index (κ2) is 8.76. The molecule has 30 heavy (non-hydrogen) atoms. The lowest BCUT2D eigenvalue weighted by atomic mass is 9.84. The number of hydrogen-bond acceptors (Lipinski definition) is 7. The van der Waals surface area contributed by atoms with E-state index in [-0.39, 0.29) is 23.0 Å². The van der Waals surface area contributed by atoms with Gasteiger partial charge in [0.25, 0.3) is 5.91 Å². The molecule has 0 spiro atoms. The van der Waals surface area contributed by atoms with E-state index in [1.54, 1.807) is 18.7 Å². The van der Waals surface area contributed by atoms with Gasteiger partial charge in [-0.25, -0.2) is 9.97 Å². The first kappa shape index (κ1) is 21.7. The molecule has 0 unspecified atom stereocenters. The molecule has 0 fully saturated rings. The minimum atomic E-state index is -0.459. The predicted molar refractivity (Wildman–Crippen MR) is 121 cm³/mol. The molecule has 7 nitrogen and oxygen atoms in total. The molecular formula is C22H25N5O2S. The van der Waals surface area contributed by atoms with E-state index >= 15 is 0 Å². The highest BCUT2D eigenvalue weighted by Gasteiger charge is 2.39. The molecule has 3 N–H and O–H groups in total. The zero-order valence-corrected chi connectivity index (χ0v) is 18.3. The molecule has 1 aliphatic rings. The second-order valence-corrected chi connectivity index (χ2v) is 9.48. The van der Waals surface area contributed by atoms with E-state index in [0.29, 0.717) is 16.7 Å². The molecule has 0 saturated heterocycles. The fourth-order valence-electron chi connectivity index (χ4n) is 3.44. The van der Waals surface area contributed by atoms with Crippen LogP contribution >= 0.6 is 11.8 Å². The molecule has 0 bridgehead atoms. The third kappa shape index (κ3) is 5.30. The van der Waals surface area contributed by atoms with Crippen molar-refractivity contribution in [1.29, 1.82) is 0 Å². The second-order valence-electron chi connectivity index (χ2n) is 7.75. The van der Waals surface area contributed by atoms with Crippen molar-refractivity contribution < 1.29 is 9.53 Å². The van der Waals surface area contributed by atoms with Gasteiger partial charge in [-0.15, -0.1) is 5.92 Å². The highest BCUT2D eigenvalue weighted by molar-refractivity contribution is 8.15. The Morgan fingerprint density at radius 2 is 2.10 bits per heavy atom. The van der Waals surface area contributed by atoms with Crippen LogP contribution in [0.2, 0.25) is 0 Å². The fourth-order valence-corrected chi connectivity index (χ4v) is 4.60. The van der Waals surface area contributed by atoms with Gasteiger partial charge in [-0.05, 0) is 38.0 Å². The summed E-state index contributed by atoms with van der Waals surface area (Å²) in [6, 6.07) is 7.65. The molecule has 1 aromatic heterocycles. The van der Waals surface area contributed by atoms with Crippen molar-refractivity contribution in [2.45, 2.75) is 44.4 Å². The van der Waals surface area contributed by atoms with Crippen LogP contribution in [0.5, 0.6) is 5.88 Å². The molecule has 0 saturated carbocycles. The highest BCUT2D eigenvalue weighted by Crippen LogP contribution is 2.45. The number of thioether (sulfide) groups is 1. The molecule has 8 heteroatoms. The Morgan fingerprint density at radius 3 is 2.77 bits per heavy atom. The van der Waals surface area contributed by atoms with E-state index in [0.717, 1.165) is 12.0 Å². The van der Waals surface area contributed by atoms with Crippen molar-refractivity contribution in [3.05, 3.63) is 47.9 Å². The van der Waals surface area contributed by atoms with Gasteiger partial charge in [-0.3, -0.25) is 9.79 Å². The van der Waals surface area contributed by atoms with Gasteiger partial charge in [0.1, 0.15) is 5.69 Å². The Bertz CT molecular complexity index is 1020. The summed E-state index contributed by atoms with van der Waals surface area (Å²) in [5.74, 6) is 5.46. The van der Waals surface area contributed by atoms with Gasteiger partial charge in [0.05, 0.1) is 17.9 Å². The largest absolute Gasteiger partial charge is 0.463 e. The first-order chi connectivity index (χ1) is 14.2. The number of anilines is 1. The van der Waals surface area contributed by atoms with Gasteiger partial charge in [-0.1, -0.05) is 43.7 Å². The van der Waals surface area contributed by atoms with Crippen molar-refractivity contribution in [2.75, 3.05) is 11.9 Å². The zero-order valence-electron chi connectivity index (χ0n) is 17.5. The number of amides is 1. The van der Waals surface area contributed by atoms with Crippen LogP contribution in [0.15, 0.2) is 41.7 Å². The summed E-state index contributed by atoms with van der Waals surface area (Å²) in [7, 11) is 0. The van der Waals surface area contributed by atoms with Gasteiger partial charge in [0.15, 0.2) is 11.8 Å². The summed E-state index contributed by atoms with van der Waals surface area (Å²) >= 11 is 1.58. The molecule has 1 aromatic carbocycles. The number of nitrogens with one attached hydrogen (secondary N) is 1. The van der Waals surface area contributed by atoms with E-state index in [1.807, 2.05) is 24.3 Å². The van der Waals surface area contributed by atoms with Gasteiger partial charge in [-0.2, -0.15) is 0 Å². The van der Waals surface area contributed by atoms with Crippen LogP contribution in [-0.2, 0) is 5.54 Å². The smallest absolute Gasteiger partial charge is 0.275 e. The number of ether oxygens (including phenoxy) is 1. The lowest BCUT2D eigenvalue weighted by Gasteiger charge is -2.39. The minimum Gasteiger partial charge on any atom is -0.463 e. The number of nitrogens with two attached hydrogens (primary N) is 1. The quantitative estimate of drug-likeness (QED) is 0.713. The number of carbonyl (C=O) groups excluding carboxylic acids is 1. The van der Waals surface area contributed by atoms with Crippen LogP contribution < -0.4 is 15.8 Å². The molecule has 1 amide bonds. The molecule has 3 rings (SSSR count). The van der Waals surface area contributed by atoms with E-state index in [9.17, 15) is 4.79 Å². The van der Waals surface area contributed by atoms with E-state index in [4.69, 9.17) is 15.5 Å². The Balaban J connectivity index is 1.74. The summed E-state index contributed by atoms with van der Waals surface area (Å²) in [4.78, 5) is 25.5. The number of hydrogen-bond donors (Lipinski definition) is 2. The van der Waals surface area contributed by atoms with Crippen LogP contribution in [0.25, 0.3) is 0 Å². The van der Waals surface area contributed by atoms with Crippen LogP contribution in [0.3, 0.4) is 0 Å². The van der Waals surface area contributed by atoms with Crippen LogP contribution in [0.4, 0.5) is 5.69 Å². The average molecular weight is 424 g/mol. The van der Waals surface area contributed by atoms with Crippen LogP contribution in [0, 0.1) is 11.8 Å². The maximum absolute atomic E-state index is 12.6. The predicted octanol–water partition coefficient (Wildman–Crippen LogP) is 3.58. The monoisotopic (exact) mass is 423 g/mol. The number of carbonyl (C=O) groups is 1. The van der Waals surface area contributed by atoms with Crippen LogP contribution in [-0.4, -0.2) is 32.4 Å². The molecule has 1 atom stereocenters. The lowest BCUT2D eigenvalue weighted by Crippen LogP contribution is -2.38. The first-order valence-corrected chi connectivity index (χ1v) is 10.3. The summed E-state index contributed by atoms with van der Waals surface area (Å²) in [5.41, 5.74) is 7.46. The van der Waals surface area contributed by atoms with Crippen molar-refractivity contribution in [1.82, 2.24) is 9.97 Å². The third-order valence-electron chi connectivity index (χ3n) is 4.58. The Labute approximate surface area is 180 Å². The first-order valence-electron chi connectivity index (χ1n) is 9.51. The maximum atomic E-state index is 12.6.